The summed E-state index contributed by atoms with van der Waals surface area (Å²) in [6.45, 7) is 23.6. The van der Waals surface area contributed by atoms with E-state index in [1.165, 1.54) is 64.4 Å². The first kappa shape index (κ1) is 40.9. The van der Waals surface area contributed by atoms with Gasteiger partial charge in [-0.1, -0.05) is 240 Å². The number of rotatable bonds is 5. The first-order chi connectivity index (χ1) is 33.7. The van der Waals surface area contributed by atoms with E-state index in [1.54, 1.807) is 18.2 Å². The van der Waals surface area contributed by atoms with Crippen LogP contribution in [0.2, 0.25) is 0 Å². The average molecular weight is 872 g/mol. The van der Waals surface area contributed by atoms with Crippen molar-refractivity contribution in [2.45, 2.75) is 116 Å². The lowest BCUT2D eigenvalue weighted by molar-refractivity contribution is 0.920. The fourth-order valence-corrected chi connectivity index (χ4v) is 5.39. The number of alkyl halides is 1. The fraction of sp³-hybridized carbons (Fsp3) is 0.310. The fourth-order valence-electron chi connectivity index (χ4n) is 5.39. The molecular weight excluding hydrogens is 777 g/mol. The zero-order chi connectivity index (χ0) is 56.0. The Bertz CT molecular complexity index is 2200. The second-order valence-electron chi connectivity index (χ2n) is 13.8. The van der Waals surface area contributed by atoms with E-state index in [2.05, 4.69) is 192 Å². The van der Waals surface area contributed by atoms with Gasteiger partial charge in [0.2, 0.25) is 0 Å². The van der Waals surface area contributed by atoms with E-state index in [0.29, 0.717) is 5.56 Å². The quantitative estimate of drug-likeness (QED) is 0.120. The molecule has 6 aromatic carbocycles. The molecule has 0 aliphatic carbocycles. The van der Waals surface area contributed by atoms with Crippen LogP contribution >= 0.6 is 15.9 Å². The molecule has 0 aromatic heterocycles. The summed E-state index contributed by atoms with van der Waals surface area (Å²) in [6.07, 6.45) is 1.21. The van der Waals surface area contributed by atoms with E-state index in [4.69, 9.17) is 17.1 Å². The van der Waals surface area contributed by atoms with Gasteiger partial charge in [0.05, 0.1) is 0 Å². The Morgan fingerprint density at radius 2 is 0.932 bits per heavy atom. The first-order valence-electron chi connectivity index (χ1n) is 26.4. The second kappa shape index (κ2) is 36.2. The van der Waals surface area contributed by atoms with Crippen molar-refractivity contribution in [2.24, 2.45) is 0 Å². The van der Waals surface area contributed by atoms with E-state index in [1.807, 2.05) is 57.8 Å². The van der Waals surface area contributed by atoms with Gasteiger partial charge in [-0.05, 0) is 122 Å². The topological polar surface area (TPSA) is 0 Å². The predicted molar refractivity (Wildman–Crippen MR) is 280 cm³/mol. The van der Waals surface area contributed by atoms with Crippen LogP contribution < -0.4 is 0 Å². The molecule has 0 saturated carbocycles. The van der Waals surface area contributed by atoms with Crippen LogP contribution in [-0.4, -0.2) is 5.83 Å². The van der Waals surface area contributed by atoms with Gasteiger partial charge in [0.15, 0.2) is 0 Å². The molecule has 0 heterocycles. The normalized spacial score (nSPS) is 11.9. The molecule has 0 radical (unpaired) electrons. The summed E-state index contributed by atoms with van der Waals surface area (Å²) in [4.78, 5) is 0. The standard InChI is InChI=1S/2C10H14.C10H12.C10H10.2C8H10.CH3Br.CH4.3H2/c4*1-3-5-10-7-4-6-9(2)8-10;2*1-7-4-3-5-8(2)6-7;1-2;;;;/h2*4,6-8H,3,5H2,1-2H3;3-8H,1-2H3;4,6-8H,1-2H3;2*3-6H,1-2H3;1H3;1H4;3*1H/b;;5-3+;;;;;;;;/i3D2,5D2;3D;;;;;;1D;3*1+1D. The van der Waals surface area contributed by atoms with E-state index in [-0.39, 0.29) is 6.40 Å². The molecule has 0 N–H and O–H groups in total. The minimum atomic E-state index is -1.95. The molecule has 0 aliphatic heterocycles. The van der Waals surface area contributed by atoms with Crippen LogP contribution in [0.5, 0.6) is 0 Å². The Morgan fingerprint density at radius 3 is 1.29 bits per heavy atom. The highest BCUT2D eigenvalue weighted by Crippen LogP contribution is 2.08. The largest absolute Gasteiger partial charge is 0.101 e. The average Bonchev–Trinajstić information content (AvgIpc) is 3.33. The summed E-state index contributed by atoms with van der Waals surface area (Å²) < 4.78 is 73.4. The maximum atomic E-state index is 7.71. The van der Waals surface area contributed by atoms with Gasteiger partial charge in [-0.25, -0.2) is 0 Å². The van der Waals surface area contributed by atoms with Crippen molar-refractivity contribution in [3.8, 4) is 11.8 Å². The Labute approximate surface area is 390 Å². The number of halogens is 1. The minimum Gasteiger partial charge on any atom is -0.101 e. The zero-order valence-electron chi connectivity index (χ0n) is 50.7. The third-order valence-corrected chi connectivity index (χ3v) is 7.85. The van der Waals surface area contributed by atoms with Gasteiger partial charge in [0, 0.05) is 22.7 Å². The third kappa shape index (κ3) is 30.8. The van der Waals surface area contributed by atoms with Crippen molar-refractivity contribution in [1.82, 2.24) is 0 Å². The highest BCUT2D eigenvalue weighted by atomic mass is 79.9. The molecule has 1 heteroatoms. The first-order valence-corrected chi connectivity index (χ1v) is 21.4. The van der Waals surface area contributed by atoms with Gasteiger partial charge >= 0.3 is 0 Å². The summed E-state index contributed by atoms with van der Waals surface area (Å²) in [5, 5.41) is 0. The highest BCUT2D eigenvalue weighted by molar-refractivity contribution is 9.08. The summed E-state index contributed by atoms with van der Waals surface area (Å²) in [5.41, 5.74) is 14.2. The molecule has 0 saturated heterocycles. The Kier molecular flexibility index (Phi) is 25.1. The predicted octanol–water partition coefficient (Wildman–Crippen LogP) is 18.3. The van der Waals surface area contributed by atoms with Gasteiger partial charge in [-0.15, -0.1) is 5.92 Å². The molecule has 6 aromatic rings. The maximum Gasteiger partial charge on any atom is 0.0316 e. The molecule has 322 valence electrons. The zero-order valence-corrected chi connectivity index (χ0v) is 40.3. The molecular formula is C58H83Br. The number of benzene rings is 6. The van der Waals surface area contributed by atoms with Crippen LogP contribution in [0.25, 0.3) is 6.08 Å². The molecule has 1 atom stereocenters. The maximum absolute atomic E-state index is 7.71. The van der Waals surface area contributed by atoms with Crippen molar-refractivity contribution in [3.63, 3.8) is 0 Å². The van der Waals surface area contributed by atoms with Crippen LogP contribution in [-0.2, 0) is 12.8 Å². The van der Waals surface area contributed by atoms with Crippen molar-refractivity contribution < 1.29 is 17.1 Å². The molecule has 0 bridgehead atoms. The monoisotopic (exact) mass is 871 g/mol. The minimum absolute atomic E-state index is 0.0109. The molecule has 0 aliphatic rings. The smallest absolute Gasteiger partial charge is 0.0316 e. The molecule has 6 rings (SSSR count). The Morgan fingerprint density at radius 1 is 0.559 bits per heavy atom. The van der Waals surface area contributed by atoms with Gasteiger partial charge < -0.3 is 0 Å². The lowest BCUT2D eigenvalue weighted by atomic mass is 10.1. The number of hydrogen-bond donors (Lipinski definition) is 0. The van der Waals surface area contributed by atoms with Gasteiger partial charge in [-0.2, -0.15) is 0 Å². The lowest BCUT2D eigenvalue weighted by Crippen LogP contribution is -1.82. The molecule has 0 amide bonds. The van der Waals surface area contributed by atoms with Crippen molar-refractivity contribution >= 4 is 22.0 Å². The summed E-state index contributed by atoms with van der Waals surface area (Å²) in [6, 6.07) is 48.8. The van der Waals surface area contributed by atoms with E-state index >= 15 is 0 Å². The molecule has 0 nitrogen and oxygen atoms in total. The van der Waals surface area contributed by atoms with Crippen LogP contribution in [0.15, 0.2) is 152 Å². The van der Waals surface area contributed by atoms with Crippen molar-refractivity contribution in [3.05, 3.63) is 218 Å². The van der Waals surface area contributed by atoms with Crippen LogP contribution in [0.4, 0.5) is 0 Å². The number of hydrogen-bond acceptors (Lipinski definition) is 0. The van der Waals surface area contributed by atoms with Crippen LogP contribution in [0.1, 0.15) is 132 Å². The van der Waals surface area contributed by atoms with Crippen LogP contribution in [0, 0.1) is 67.2 Å². The highest BCUT2D eigenvalue weighted by Gasteiger charge is 1.90. The Hall–Kier alpha value is -4.90. The number of allylic oxidation sites excluding steroid dienone is 1. The van der Waals surface area contributed by atoms with Gasteiger partial charge in [0.1, 0.15) is 0 Å². The summed E-state index contributed by atoms with van der Waals surface area (Å²) in [7, 11) is 1.25. The van der Waals surface area contributed by atoms with Gasteiger partial charge in [0.25, 0.3) is 0 Å². The summed E-state index contributed by atoms with van der Waals surface area (Å²) in [5.74, 6) is 7.67. The van der Waals surface area contributed by atoms with E-state index < -0.39 is 12.7 Å². The SMILES string of the molecule is C/C=C/c1cccc(C)c1.CBr.CC#Cc1cccc(C)c1.Cc1cccc(C)c1.Cc1cccc(C)c1.[2H]C.[2H]C(C)Cc1cccc(C)c1.[2H]C([2H])(C)C([2H])([2H])c1cccc(C)c1.[2H][2H].[2H][2H].[2H][2H]. The Balaban J connectivity index is -0.000000238. The van der Waals surface area contributed by atoms with Crippen LogP contribution in [0.3, 0.4) is 0 Å². The number of aryl methyl sites for hydroxylation is 10. The molecule has 1 unspecified atom stereocenters. The van der Waals surface area contributed by atoms with Crippen molar-refractivity contribution in [1.29, 1.82) is 0 Å². The third-order valence-electron chi connectivity index (χ3n) is 7.85. The van der Waals surface area contributed by atoms with Gasteiger partial charge in [-0.3, -0.25) is 0 Å². The van der Waals surface area contributed by atoms with Crippen molar-refractivity contribution in [2.75, 3.05) is 5.83 Å². The molecule has 0 fully saturated rings. The molecule has 0 spiro atoms. The summed E-state index contributed by atoms with van der Waals surface area (Å²) >= 11 is 2.94. The lowest BCUT2D eigenvalue weighted by Gasteiger charge is -1.98. The molecule has 59 heavy (non-hydrogen) atoms. The van der Waals surface area contributed by atoms with E-state index in [0.717, 1.165) is 17.5 Å². The van der Waals surface area contributed by atoms with E-state index in [9.17, 15) is 0 Å². The second-order valence-corrected chi connectivity index (χ2v) is 13.8.